The SMILES string of the molecule is COC(=O)c1ccoc1CN1C[C@H](C)O[C@@H](C)C1. The summed E-state index contributed by atoms with van der Waals surface area (Å²) in [6.07, 6.45) is 1.92. The molecule has 0 saturated carbocycles. The quantitative estimate of drug-likeness (QED) is 0.767. The van der Waals surface area contributed by atoms with Gasteiger partial charge in [-0.05, 0) is 19.9 Å². The summed E-state index contributed by atoms with van der Waals surface area (Å²) in [5, 5.41) is 0. The van der Waals surface area contributed by atoms with E-state index in [1.807, 2.05) is 13.8 Å². The van der Waals surface area contributed by atoms with E-state index in [-0.39, 0.29) is 18.2 Å². The Hall–Kier alpha value is -1.33. The van der Waals surface area contributed by atoms with Crippen molar-refractivity contribution in [2.24, 2.45) is 0 Å². The van der Waals surface area contributed by atoms with Crippen LogP contribution in [0.4, 0.5) is 0 Å². The van der Waals surface area contributed by atoms with Crippen LogP contribution in [0.25, 0.3) is 0 Å². The van der Waals surface area contributed by atoms with Crippen molar-refractivity contribution in [1.82, 2.24) is 4.90 Å². The first-order valence-electron chi connectivity index (χ1n) is 6.12. The van der Waals surface area contributed by atoms with Crippen molar-refractivity contribution in [3.63, 3.8) is 0 Å². The Balaban J connectivity index is 2.05. The van der Waals surface area contributed by atoms with Gasteiger partial charge in [-0.15, -0.1) is 0 Å². The normalized spacial score (nSPS) is 25.1. The maximum atomic E-state index is 11.5. The van der Waals surface area contributed by atoms with Crippen molar-refractivity contribution in [3.8, 4) is 0 Å². The molecule has 2 rings (SSSR count). The molecule has 1 aliphatic heterocycles. The lowest BCUT2D eigenvalue weighted by atomic mass is 10.2. The van der Waals surface area contributed by atoms with Crippen LogP contribution in [0.2, 0.25) is 0 Å². The fourth-order valence-electron chi connectivity index (χ4n) is 2.37. The van der Waals surface area contributed by atoms with Gasteiger partial charge in [-0.2, -0.15) is 0 Å². The number of rotatable bonds is 3. The second kappa shape index (κ2) is 5.54. The highest BCUT2D eigenvalue weighted by Gasteiger charge is 2.25. The Labute approximate surface area is 107 Å². The highest BCUT2D eigenvalue weighted by atomic mass is 16.5. The third-order valence-electron chi connectivity index (χ3n) is 3.01. The highest BCUT2D eigenvalue weighted by Crippen LogP contribution is 2.18. The van der Waals surface area contributed by atoms with Gasteiger partial charge >= 0.3 is 5.97 Å². The molecule has 0 amide bonds. The van der Waals surface area contributed by atoms with Gasteiger partial charge in [0.25, 0.3) is 0 Å². The monoisotopic (exact) mass is 253 g/mol. The molecule has 5 heteroatoms. The van der Waals surface area contributed by atoms with E-state index in [0.29, 0.717) is 17.9 Å². The maximum Gasteiger partial charge on any atom is 0.341 e. The molecule has 1 aromatic heterocycles. The van der Waals surface area contributed by atoms with Crippen LogP contribution >= 0.6 is 0 Å². The number of hydrogen-bond acceptors (Lipinski definition) is 5. The zero-order valence-corrected chi connectivity index (χ0v) is 11.0. The van der Waals surface area contributed by atoms with Crippen molar-refractivity contribution < 1.29 is 18.7 Å². The molecule has 0 bridgehead atoms. The van der Waals surface area contributed by atoms with E-state index in [0.717, 1.165) is 13.1 Å². The summed E-state index contributed by atoms with van der Waals surface area (Å²) in [5.41, 5.74) is 0.504. The predicted octanol–water partition coefficient (Wildman–Crippen LogP) is 1.68. The minimum atomic E-state index is -0.354. The van der Waals surface area contributed by atoms with E-state index >= 15 is 0 Å². The number of morpholine rings is 1. The number of ether oxygens (including phenoxy) is 2. The van der Waals surface area contributed by atoms with Crippen molar-refractivity contribution >= 4 is 5.97 Å². The highest BCUT2D eigenvalue weighted by molar-refractivity contribution is 5.90. The van der Waals surface area contributed by atoms with Crippen LogP contribution < -0.4 is 0 Å². The Morgan fingerprint density at radius 1 is 1.44 bits per heavy atom. The Morgan fingerprint density at radius 3 is 2.72 bits per heavy atom. The molecule has 18 heavy (non-hydrogen) atoms. The summed E-state index contributed by atoms with van der Waals surface area (Å²) in [4.78, 5) is 13.8. The average Bonchev–Trinajstić information content (AvgIpc) is 2.74. The van der Waals surface area contributed by atoms with Gasteiger partial charge in [-0.1, -0.05) is 0 Å². The van der Waals surface area contributed by atoms with Crippen LogP contribution in [0.15, 0.2) is 16.7 Å². The molecular weight excluding hydrogens is 234 g/mol. The van der Waals surface area contributed by atoms with E-state index in [4.69, 9.17) is 13.9 Å². The summed E-state index contributed by atoms with van der Waals surface area (Å²) in [6, 6.07) is 1.65. The zero-order chi connectivity index (χ0) is 13.1. The lowest BCUT2D eigenvalue weighted by Gasteiger charge is -2.34. The van der Waals surface area contributed by atoms with Crippen LogP contribution in [-0.4, -0.2) is 43.3 Å². The van der Waals surface area contributed by atoms with Gasteiger partial charge in [0.05, 0.1) is 32.1 Å². The second-order valence-electron chi connectivity index (χ2n) is 4.70. The van der Waals surface area contributed by atoms with E-state index in [1.54, 1.807) is 6.07 Å². The molecule has 1 aromatic rings. The molecular formula is C13H19NO4. The van der Waals surface area contributed by atoms with Gasteiger partial charge in [0, 0.05) is 13.1 Å². The van der Waals surface area contributed by atoms with Crippen LogP contribution in [0.1, 0.15) is 30.0 Å². The van der Waals surface area contributed by atoms with Gasteiger partial charge in [-0.25, -0.2) is 4.79 Å². The molecule has 2 atom stereocenters. The fraction of sp³-hybridized carbons (Fsp3) is 0.615. The summed E-state index contributed by atoms with van der Waals surface area (Å²) >= 11 is 0. The molecule has 100 valence electrons. The summed E-state index contributed by atoms with van der Waals surface area (Å²) in [5.74, 6) is 0.302. The van der Waals surface area contributed by atoms with Crippen LogP contribution in [0.5, 0.6) is 0 Å². The predicted molar refractivity (Wildman–Crippen MR) is 65.3 cm³/mol. The lowest BCUT2D eigenvalue weighted by molar-refractivity contribution is -0.0718. The summed E-state index contributed by atoms with van der Waals surface area (Å²) < 4.78 is 15.8. The zero-order valence-electron chi connectivity index (χ0n) is 11.0. The van der Waals surface area contributed by atoms with Crippen LogP contribution in [-0.2, 0) is 16.0 Å². The fourth-order valence-corrected chi connectivity index (χ4v) is 2.37. The Morgan fingerprint density at radius 2 is 2.11 bits per heavy atom. The molecule has 1 saturated heterocycles. The Bertz CT molecular complexity index is 405. The second-order valence-corrected chi connectivity index (χ2v) is 4.70. The van der Waals surface area contributed by atoms with Crippen LogP contribution in [0, 0.1) is 0 Å². The topological polar surface area (TPSA) is 51.9 Å². The number of nitrogens with zero attached hydrogens (tertiary/aromatic N) is 1. The van der Waals surface area contributed by atoms with Crippen LogP contribution in [0.3, 0.4) is 0 Å². The first-order chi connectivity index (χ1) is 8.60. The van der Waals surface area contributed by atoms with Crippen molar-refractivity contribution in [3.05, 3.63) is 23.7 Å². The van der Waals surface area contributed by atoms with Gasteiger partial charge < -0.3 is 13.9 Å². The van der Waals surface area contributed by atoms with Gasteiger partial charge in [0.15, 0.2) is 0 Å². The molecule has 1 aliphatic rings. The number of hydrogen-bond donors (Lipinski definition) is 0. The molecule has 0 spiro atoms. The van der Waals surface area contributed by atoms with E-state index in [9.17, 15) is 4.79 Å². The molecule has 0 N–H and O–H groups in total. The first kappa shape index (κ1) is 13.1. The number of furan rings is 1. The molecule has 1 fully saturated rings. The molecule has 0 unspecified atom stereocenters. The standard InChI is InChI=1S/C13H19NO4/c1-9-6-14(7-10(2)18-9)8-12-11(4-5-17-12)13(15)16-3/h4-5,9-10H,6-8H2,1-3H3/t9-,10-/m0/s1. The molecule has 5 nitrogen and oxygen atoms in total. The molecule has 0 aliphatic carbocycles. The summed E-state index contributed by atoms with van der Waals surface area (Å²) in [7, 11) is 1.37. The lowest BCUT2D eigenvalue weighted by Crippen LogP contribution is -2.44. The number of carbonyl (C=O) groups is 1. The number of carbonyl (C=O) groups excluding carboxylic acids is 1. The molecule has 0 aromatic carbocycles. The Kier molecular flexibility index (Phi) is 4.04. The van der Waals surface area contributed by atoms with Crippen molar-refractivity contribution in [2.45, 2.75) is 32.6 Å². The van der Waals surface area contributed by atoms with Gasteiger partial charge in [0.1, 0.15) is 11.3 Å². The van der Waals surface area contributed by atoms with Gasteiger partial charge in [-0.3, -0.25) is 4.90 Å². The largest absolute Gasteiger partial charge is 0.467 e. The van der Waals surface area contributed by atoms with E-state index in [2.05, 4.69) is 4.90 Å². The smallest absolute Gasteiger partial charge is 0.341 e. The van der Waals surface area contributed by atoms with E-state index < -0.39 is 0 Å². The molecule has 0 radical (unpaired) electrons. The first-order valence-corrected chi connectivity index (χ1v) is 6.12. The van der Waals surface area contributed by atoms with E-state index in [1.165, 1.54) is 13.4 Å². The van der Waals surface area contributed by atoms with Crippen molar-refractivity contribution in [1.29, 1.82) is 0 Å². The van der Waals surface area contributed by atoms with Crippen molar-refractivity contribution in [2.75, 3.05) is 20.2 Å². The summed E-state index contributed by atoms with van der Waals surface area (Å²) in [6.45, 7) is 6.38. The maximum absolute atomic E-state index is 11.5. The van der Waals surface area contributed by atoms with Gasteiger partial charge in [0.2, 0.25) is 0 Å². The minimum Gasteiger partial charge on any atom is -0.467 e. The number of esters is 1. The third-order valence-corrected chi connectivity index (χ3v) is 3.01. The third kappa shape index (κ3) is 2.91. The average molecular weight is 253 g/mol. The number of methoxy groups -OCH3 is 1. The minimum absolute atomic E-state index is 0.199. The molecule has 2 heterocycles.